The second kappa shape index (κ2) is 7.57. The number of amides is 1. The molecule has 1 amide bonds. The lowest BCUT2D eigenvalue weighted by atomic mass is 10.00. The first kappa shape index (κ1) is 19.8. The number of rotatable bonds is 4. The molecule has 0 aliphatic carbocycles. The van der Waals surface area contributed by atoms with Gasteiger partial charge in [0.2, 0.25) is 10.0 Å². The van der Waals surface area contributed by atoms with Crippen LogP contribution in [0.1, 0.15) is 6.92 Å². The van der Waals surface area contributed by atoms with Crippen LogP contribution in [0.5, 0.6) is 0 Å². The third-order valence-electron chi connectivity index (χ3n) is 4.72. The maximum absolute atomic E-state index is 13.1. The number of nitrogens with zero attached hydrogens (tertiary/aromatic N) is 1. The summed E-state index contributed by atoms with van der Waals surface area (Å²) in [4.78, 5) is 12.2. The average Bonchev–Trinajstić information content (AvgIpc) is 2.68. The van der Waals surface area contributed by atoms with Gasteiger partial charge in [-0.2, -0.15) is 4.31 Å². The van der Waals surface area contributed by atoms with E-state index in [0.29, 0.717) is 11.6 Å². The molecule has 3 N–H and O–H groups in total. The predicted molar refractivity (Wildman–Crippen MR) is 102 cm³/mol. The Hall–Kier alpha value is -1.97. The third kappa shape index (κ3) is 3.71. The topological polar surface area (TPSA) is 98.7 Å². The van der Waals surface area contributed by atoms with Gasteiger partial charge in [0.1, 0.15) is 5.54 Å². The van der Waals surface area contributed by atoms with Crippen molar-refractivity contribution in [1.82, 2.24) is 15.1 Å². The molecule has 0 spiro atoms. The number of hydroxylamine groups is 1. The smallest absolute Gasteiger partial charge is 0.265 e. The van der Waals surface area contributed by atoms with E-state index in [9.17, 15) is 13.2 Å². The lowest BCUT2D eigenvalue weighted by molar-refractivity contribution is -0.139. The van der Waals surface area contributed by atoms with Crippen LogP contribution in [0.3, 0.4) is 0 Å². The Labute approximate surface area is 163 Å². The van der Waals surface area contributed by atoms with Gasteiger partial charge in [0.15, 0.2) is 0 Å². The molecule has 1 saturated heterocycles. The van der Waals surface area contributed by atoms with Gasteiger partial charge >= 0.3 is 0 Å². The van der Waals surface area contributed by atoms with Crippen LogP contribution in [0.25, 0.3) is 11.1 Å². The SMILES string of the molecule is C[C@]1(C(=O)NO)CNCCN1S(=O)(=O)c1ccc(-c2ccc(Cl)cc2)cc1. The summed E-state index contributed by atoms with van der Waals surface area (Å²) >= 11 is 5.89. The van der Waals surface area contributed by atoms with E-state index in [1.165, 1.54) is 19.1 Å². The maximum Gasteiger partial charge on any atom is 0.265 e. The van der Waals surface area contributed by atoms with Crippen molar-refractivity contribution >= 4 is 27.5 Å². The molecule has 1 atom stereocenters. The normalized spacial score (nSPS) is 21.0. The predicted octanol–water partition coefficient (Wildman–Crippen LogP) is 1.87. The number of benzene rings is 2. The molecule has 0 bridgehead atoms. The van der Waals surface area contributed by atoms with Crippen LogP contribution >= 0.6 is 11.6 Å². The van der Waals surface area contributed by atoms with E-state index in [0.717, 1.165) is 15.4 Å². The van der Waals surface area contributed by atoms with E-state index in [1.807, 2.05) is 12.1 Å². The number of hydrogen-bond acceptors (Lipinski definition) is 5. The molecule has 27 heavy (non-hydrogen) atoms. The highest BCUT2D eigenvalue weighted by Gasteiger charge is 2.47. The molecule has 0 radical (unpaired) electrons. The van der Waals surface area contributed by atoms with E-state index in [2.05, 4.69) is 5.32 Å². The zero-order valence-corrected chi connectivity index (χ0v) is 16.2. The lowest BCUT2D eigenvalue weighted by Gasteiger charge is -2.41. The van der Waals surface area contributed by atoms with E-state index in [1.54, 1.807) is 29.7 Å². The lowest BCUT2D eigenvalue weighted by Crippen LogP contribution is -2.67. The number of sulfonamides is 1. The number of piperazine rings is 1. The van der Waals surface area contributed by atoms with E-state index >= 15 is 0 Å². The van der Waals surface area contributed by atoms with Gasteiger partial charge in [-0.25, -0.2) is 13.9 Å². The van der Waals surface area contributed by atoms with Gasteiger partial charge in [0, 0.05) is 24.7 Å². The number of carbonyl (C=O) groups excluding carboxylic acids is 1. The summed E-state index contributed by atoms with van der Waals surface area (Å²) in [6.07, 6.45) is 0. The van der Waals surface area contributed by atoms with Crippen LogP contribution in [0.2, 0.25) is 5.02 Å². The fourth-order valence-electron chi connectivity index (χ4n) is 3.14. The molecule has 1 fully saturated rings. The minimum atomic E-state index is -3.93. The van der Waals surface area contributed by atoms with Crippen LogP contribution in [-0.4, -0.2) is 49.0 Å². The number of nitrogens with one attached hydrogen (secondary N) is 2. The fraction of sp³-hybridized carbons (Fsp3) is 0.278. The average molecular weight is 410 g/mol. The van der Waals surface area contributed by atoms with E-state index in [4.69, 9.17) is 16.8 Å². The Morgan fingerprint density at radius 2 is 1.70 bits per heavy atom. The molecule has 0 aromatic heterocycles. The first-order valence-electron chi connectivity index (χ1n) is 8.33. The zero-order valence-electron chi connectivity index (χ0n) is 14.6. The van der Waals surface area contributed by atoms with Gasteiger partial charge < -0.3 is 5.32 Å². The van der Waals surface area contributed by atoms with Crippen LogP contribution in [0.15, 0.2) is 53.4 Å². The summed E-state index contributed by atoms with van der Waals surface area (Å²) in [5, 5.41) is 12.6. The van der Waals surface area contributed by atoms with Crippen molar-refractivity contribution in [2.24, 2.45) is 0 Å². The van der Waals surface area contributed by atoms with Crippen molar-refractivity contribution in [1.29, 1.82) is 0 Å². The molecular formula is C18H20ClN3O4S. The van der Waals surface area contributed by atoms with Crippen LogP contribution in [0, 0.1) is 0 Å². The highest BCUT2D eigenvalue weighted by atomic mass is 35.5. The Bertz CT molecular complexity index is 932. The molecule has 7 nitrogen and oxygen atoms in total. The van der Waals surface area contributed by atoms with Gasteiger partial charge in [0.25, 0.3) is 5.91 Å². The van der Waals surface area contributed by atoms with Crippen molar-refractivity contribution in [3.63, 3.8) is 0 Å². The summed E-state index contributed by atoms with van der Waals surface area (Å²) in [5.41, 5.74) is 1.90. The van der Waals surface area contributed by atoms with Crippen LogP contribution in [-0.2, 0) is 14.8 Å². The molecule has 3 rings (SSSR count). The highest BCUT2D eigenvalue weighted by molar-refractivity contribution is 7.89. The molecule has 1 aliphatic heterocycles. The summed E-state index contributed by atoms with van der Waals surface area (Å²) in [6.45, 7) is 2.10. The molecule has 1 heterocycles. The van der Waals surface area contributed by atoms with Gasteiger partial charge in [-0.3, -0.25) is 10.0 Å². The molecule has 2 aromatic rings. The molecule has 0 unspecified atom stereocenters. The van der Waals surface area contributed by atoms with Crippen LogP contribution < -0.4 is 10.8 Å². The standard InChI is InChI=1S/C18H20ClN3O4S/c1-18(17(23)21-24)12-20-10-11-22(18)27(25,26)16-8-4-14(5-9-16)13-2-6-15(19)7-3-13/h2-9,20,24H,10-12H2,1H3,(H,21,23)/t18-/m1/s1. The molecule has 9 heteroatoms. The molecule has 1 aliphatic rings. The van der Waals surface area contributed by atoms with Crippen LogP contribution in [0.4, 0.5) is 0 Å². The molecular weight excluding hydrogens is 390 g/mol. The Morgan fingerprint density at radius 1 is 1.15 bits per heavy atom. The van der Waals surface area contributed by atoms with E-state index in [-0.39, 0.29) is 18.0 Å². The minimum Gasteiger partial charge on any atom is -0.313 e. The number of hydrogen-bond donors (Lipinski definition) is 3. The monoisotopic (exact) mass is 409 g/mol. The number of halogens is 1. The van der Waals surface area contributed by atoms with Crippen molar-refractivity contribution in [2.45, 2.75) is 17.4 Å². The fourth-order valence-corrected chi connectivity index (χ4v) is 5.01. The minimum absolute atomic E-state index is 0.0825. The molecule has 0 saturated carbocycles. The van der Waals surface area contributed by atoms with Crippen molar-refractivity contribution in [3.8, 4) is 11.1 Å². The Balaban J connectivity index is 1.94. The third-order valence-corrected chi connectivity index (χ3v) is 7.01. The first-order valence-corrected chi connectivity index (χ1v) is 10.1. The quantitative estimate of drug-likeness (QED) is 0.529. The van der Waals surface area contributed by atoms with Gasteiger partial charge in [-0.05, 0) is 42.3 Å². The Kier molecular flexibility index (Phi) is 5.55. The first-order chi connectivity index (χ1) is 12.8. The maximum atomic E-state index is 13.1. The highest BCUT2D eigenvalue weighted by Crippen LogP contribution is 2.29. The van der Waals surface area contributed by atoms with Crippen molar-refractivity contribution in [3.05, 3.63) is 53.6 Å². The van der Waals surface area contributed by atoms with Crippen molar-refractivity contribution in [2.75, 3.05) is 19.6 Å². The second-order valence-electron chi connectivity index (χ2n) is 6.50. The van der Waals surface area contributed by atoms with E-state index < -0.39 is 21.5 Å². The van der Waals surface area contributed by atoms with Crippen molar-refractivity contribution < 1.29 is 18.4 Å². The zero-order chi connectivity index (χ0) is 19.7. The summed E-state index contributed by atoms with van der Waals surface area (Å²) in [6, 6.07) is 13.7. The summed E-state index contributed by atoms with van der Waals surface area (Å²) in [7, 11) is -3.93. The summed E-state index contributed by atoms with van der Waals surface area (Å²) in [5.74, 6) is -0.781. The Morgan fingerprint density at radius 3 is 2.26 bits per heavy atom. The van der Waals surface area contributed by atoms with Gasteiger partial charge in [-0.15, -0.1) is 0 Å². The van der Waals surface area contributed by atoms with Gasteiger partial charge in [0.05, 0.1) is 4.90 Å². The second-order valence-corrected chi connectivity index (χ2v) is 8.80. The summed E-state index contributed by atoms with van der Waals surface area (Å²) < 4.78 is 27.4. The number of carbonyl (C=O) groups is 1. The molecule has 2 aromatic carbocycles. The largest absolute Gasteiger partial charge is 0.313 e. The van der Waals surface area contributed by atoms with Gasteiger partial charge in [-0.1, -0.05) is 35.9 Å². The molecule has 144 valence electrons.